The summed E-state index contributed by atoms with van der Waals surface area (Å²) in [5.74, 6) is 0.800. The fourth-order valence-electron chi connectivity index (χ4n) is 3.40. The predicted molar refractivity (Wildman–Crippen MR) is 99.2 cm³/mol. The number of nitrogens with zero attached hydrogens (tertiary/aromatic N) is 8. The minimum Gasteiger partial charge on any atom is -0.382 e. The number of fused-ring (bicyclic) bond motifs is 6. The monoisotopic (exact) mass is 398 g/mol. The number of hydrogen-bond acceptors (Lipinski definition) is 10. The summed E-state index contributed by atoms with van der Waals surface area (Å²) in [6.07, 6.45) is 4.92. The molecule has 2 atom stereocenters. The number of hydrazine groups is 1. The number of aliphatic imine (C=N–C) groups is 1. The van der Waals surface area contributed by atoms with Crippen molar-refractivity contribution in [2.45, 2.75) is 31.2 Å². The second-order valence-electron chi connectivity index (χ2n) is 7.02. The molecule has 0 amide bonds. The van der Waals surface area contributed by atoms with Gasteiger partial charge in [0.2, 0.25) is 5.82 Å². The van der Waals surface area contributed by atoms with E-state index < -0.39 is 11.2 Å². The Morgan fingerprint density at radius 3 is 2.82 bits per heavy atom. The maximum Gasteiger partial charge on any atom is 0.348 e. The number of halogens is 1. The number of hydrogen-bond donors (Lipinski definition) is 1. The number of rotatable bonds is 2. The maximum absolute atomic E-state index is 10.1. The van der Waals surface area contributed by atoms with Crippen LogP contribution >= 0.6 is 11.6 Å². The average Bonchev–Trinajstić information content (AvgIpc) is 3.37. The minimum atomic E-state index is -1.25. The van der Waals surface area contributed by atoms with Gasteiger partial charge in [0.25, 0.3) is 0 Å². The summed E-state index contributed by atoms with van der Waals surface area (Å²) in [6.45, 7) is 3.15. The number of aromatic nitrogens is 2. The molecular weight excluding hydrogens is 384 g/mol. The molecule has 142 valence electrons. The number of nitriles is 1. The summed E-state index contributed by atoms with van der Waals surface area (Å²) >= 11 is 6.53. The van der Waals surface area contributed by atoms with Crippen LogP contribution in [0.1, 0.15) is 31.4 Å². The van der Waals surface area contributed by atoms with Gasteiger partial charge in [-0.1, -0.05) is 35.0 Å². The van der Waals surface area contributed by atoms with Gasteiger partial charge in [-0.2, -0.15) is 15.3 Å². The molecule has 0 aliphatic carbocycles. The van der Waals surface area contributed by atoms with Crippen molar-refractivity contribution in [1.82, 2.24) is 20.0 Å². The number of alkyl halides is 1. The highest BCUT2D eigenvalue weighted by atomic mass is 35.5. The van der Waals surface area contributed by atoms with Crippen LogP contribution in [0.5, 0.6) is 0 Å². The highest BCUT2D eigenvalue weighted by Crippen LogP contribution is 2.48. The van der Waals surface area contributed by atoms with Gasteiger partial charge in [-0.05, 0) is 19.9 Å². The Labute approximate surface area is 165 Å². The predicted octanol–water partition coefficient (Wildman–Crippen LogP) is 2.00. The molecule has 0 saturated carbocycles. The summed E-state index contributed by atoms with van der Waals surface area (Å²) in [6, 6.07) is 7.87. The highest BCUT2D eigenvalue weighted by molar-refractivity contribution is 6.22. The molecule has 0 radical (unpaired) electrons. The maximum atomic E-state index is 10.1. The third kappa shape index (κ3) is 2.20. The van der Waals surface area contributed by atoms with E-state index in [1.54, 1.807) is 31.4 Å². The lowest BCUT2D eigenvalue weighted by Gasteiger charge is -2.42. The van der Waals surface area contributed by atoms with Gasteiger partial charge in [0, 0.05) is 5.56 Å². The molecule has 0 saturated heterocycles. The van der Waals surface area contributed by atoms with Gasteiger partial charge in [-0.3, -0.25) is 4.90 Å². The number of aliphatic hydroxyl groups is 1. The quantitative estimate of drug-likeness (QED) is 0.461. The van der Waals surface area contributed by atoms with Crippen LogP contribution < -0.4 is 9.91 Å². The van der Waals surface area contributed by atoms with Crippen molar-refractivity contribution in [3.05, 3.63) is 47.7 Å². The van der Waals surface area contributed by atoms with Crippen molar-refractivity contribution in [3.8, 4) is 6.19 Å². The molecule has 4 heterocycles. The SMILES string of the molecule is CC(C)(O)c1noc(N2C=NC3c4ccccc4N4C(=CN(C#N)C4Cl)N32)n1. The van der Waals surface area contributed by atoms with Crippen molar-refractivity contribution < 1.29 is 9.63 Å². The van der Waals surface area contributed by atoms with Gasteiger partial charge >= 0.3 is 6.01 Å². The van der Waals surface area contributed by atoms with Crippen LogP contribution in [0.4, 0.5) is 11.7 Å². The van der Waals surface area contributed by atoms with E-state index in [0.717, 1.165) is 11.3 Å². The highest BCUT2D eigenvalue weighted by Gasteiger charge is 2.48. The Morgan fingerprint density at radius 2 is 2.11 bits per heavy atom. The zero-order chi connectivity index (χ0) is 19.6. The van der Waals surface area contributed by atoms with Crippen molar-refractivity contribution in [3.63, 3.8) is 0 Å². The molecule has 0 spiro atoms. The first-order chi connectivity index (χ1) is 13.4. The Balaban J connectivity index is 1.62. The second-order valence-corrected chi connectivity index (χ2v) is 7.41. The second kappa shape index (κ2) is 5.60. The lowest BCUT2D eigenvalue weighted by atomic mass is 10.1. The van der Waals surface area contributed by atoms with E-state index in [4.69, 9.17) is 16.1 Å². The molecule has 10 nitrogen and oxygen atoms in total. The number of anilines is 2. The Morgan fingerprint density at radius 1 is 1.32 bits per heavy atom. The molecule has 1 aromatic carbocycles. The van der Waals surface area contributed by atoms with Gasteiger partial charge < -0.3 is 9.63 Å². The minimum absolute atomic E-state index is 0.144. The molecule has 2 unspecified atom stereocenters. The Hall–Kier alpha value is -3.29. The first-order valence-corrected chi connectivity index (χ1v) is 8.94. The molecule has 0 fully saturated rings. The van der Waals surface area contributed by atoms with Crippen LogP contribution in [-0.2, 0) is 5.60 Å². The Kier molecular flexibility index (Phi) is 3.37. The summed E-state index contributed by atoms with van der Waals surface area (Å²) in [7, 11) is 0. The molecule has 3 aliphatic rings. The Bertz CT molecular complexity index is 1050. The van der Waals surface area contributed by atoms with Gasteiger partial charge in [0.05, 0.1) is 11.9 Å². The van der Waals surface area contributed by atoms with E-state index >= 15 is 0 Å². The molecule has 1 N–H and O–H groups in total. The van der Waals surface area contributed by atoms with Crippen LogP contribution in [0, 0.1) is 11.5 Å². The first-order valence-electron chi connectivity index (χ1n) is 8.50. The standard InChI is InChI=1S/C17H15ClN8O2/c1-17(2,27)14-21-16(28-22-14)24-9-20-13-10-5-3-4-6-11(10)25-12(26(13)24)7-23(8-19)15(25)18/h3-7,9,13,15,27H,1-2H3. The molecule has 11 heteroatoms. The average molecular weight is 399 g/mol. The summed E-state index contributed by atoms with van der Waals surface area (Å²) in [4.78, 5) is 12.1. The topological polar surface area (TPSA) is 108 Å². The summed E-state index contributed by atoms with van der Waals surface area (Å²) in [5, 5.41) is 26.8. The smallest absolute Gasteiger partial charge is 0.348 e. The van der Waals surface area contributed by atoms with Crippen LogP contribution in [-0.4, -0.2) is 37.1 Å². The molecule has 1 aromatic heterocycles. The van der Waals surface area contributed by atoms with Crippen LogP contribution in [0.2, 0.25) is 0 Å². The van der Waals surface area contributed by atoms with Gasteiger partial charge in [-0.15, -0.1) is 0 Å². The zero-order valence-corrected chi connectivity index (χ0v) is 15.7. The zero-order valence-electron chi connectivity index (χ0n) is 14.9. The molecule has 0 bridgehead atoms. The van der Waals surface area contributed by atoms with Crippen molar-refractivity contribution in [1.29, 1.82) is 5.26 Å². The van der Waals surface area contributed by atoms with Gasteiger partial charge in [0.15, 0.2) is 23.8 Å². The molecule has 3 aliphatic heterocycles. The molecule has 2 aromatic rings. The fraction of sp³-hybridized carbons (Fsp3) is 0.294. The van der Waals surface area contributed by atoms with E-state index in [0.29, 0.717) is 5.82 Å². The fourth-order valence-corrected chi connectivity index (χ4v) is 3.71. The molecule has 28 heavy (non-hydrogen) atoms. The number of para-hydroxylation sites is 1. The van der Waals surface area contributed by atoms with E-state index in [1.807, 2.05) is 34.2 Å². The lowest BCUT2D eigenvalue weighted by Crippen LogP contribution is -2.48. The van der Waals surface area contributed by atoms with E-state index in [9.17, 15) is 10.4 Å². The third-order valence-corrected chi connectivity index (χ3v) is 5.11. The normalized spacial score (nSPS) is 22.8. The summed E-state index contributed by atoms with van der Waals surface area (Å²) < 4.78 is 5.36. The molecule has 5 rings (SSSR count). The van der Waals surface area contributed by atoms with Crippen molar-refractivity contribution >= 4 is 29.6 Å². The van der Waals surface area contributed by atoms with Crippen LogP contribution in [0.25, 0.3) is 0 Å². The van der Waals surface area contributed by atoms with Crippen LogP contribution in [0.15, 0.2) is 45.8 Å². The largest absolute Gasteiger partial charge is 0.382 e. The van der Waals surface area contributed by atoms with Crippen molar-refractivity contribution in [2.75, 3.05) is 9.91 Å². The van der Waals surface area contributed by atoms with E-state index in [1.165, 1.54) is 4.90 Å². The first kappa shape index (κ1) is 16.9. The molecular formula is C17H15ClN8O2. The van der Waals surface area contributed by atoms with Gasteiger partial charge in [0.1, 0.15) is 11.9 Å². The van der Waals surface area contributed by atoms with Gasteiger partial charge in [-0.25, -0.2) is 14.9 Å². The number of benzene rings is 1. The van der Waals surface area contributed by atoms with Crippen LogP contribution in [0.3, 0.4) is 0 Å². The summed E-state index contributed by atoms with van der Waals surface area (Å²) in [5.41, 5.74) is -0.163. The lowest BCUT2D eigenvalue weighted by molar-refractivity contribution is 0.0661. The van der Waals surface area contributed by atoms with Crippen molar-refractivity contribution in [2.24, 2.45) is 4.99 Å². The van der Waals surface area contributed by atoms with E-state index in [2.05, 4.69) is 21.3 Å². The van der Waals surface area contributed by atoms with E-state index in [-0.39, 0.29) is 18.0 Å². The third-order valence-electron chi connectivity index (χ3n) is 4.71.